The molecule has 0 bridgehead atoms. The van der Waals surface area contributed by atoms with Crippen molar-refractivity contribution >= 4 is 15.9 Å². The summed E-state index contributed by atoms with van der Waals surface area (Å²) in [5.41, 5.74) is 2.49. The highest BCUT2D eigenvalue weighted by molar-refractivity contribution is 7.89. The van der Waals surface area contributed by atoms with Crippen LogP contribution in [-0.4, -0.2) is 41.5 Å². The van der Waals surface area contributed by atoms with Gasteiger partial charge in [-0.15, -0.1) is 0 Å². The molecule has 0 aliphatic heterocycles. The van der Waals surface area contributed by atoms with Crippen LogP contribution in [-0.2, 0) is 23.1 Å². The molecule has 2 aromatic carbocycles. The molecule has 0 unspecified atom stereocenters. The predicted molar refractivity (Wildman–Crippen MR) is 115 cm³/mol. The number of aromatic nitrogens is 2. The summed E-state index contributed by atoms with van der Waals surface area (Å²) < 4.78 is 28.4. The normalized spacial score (nSPS) is 11.6. The van der Waals surface area contributed by atoms with Crippen LogP contribution in [0.5, 0.6) is 0 Å². The van der Waals surface area contributed by atoms with Crippen LogP contribution in [0.2, 0.25) is 0 Å². The minimum absolute atomic E-state index is 0.187. The zero-order valence-electron chi connectivity index (χ0n) is 17.2. The van der Waals surface area contributed by atoms with Crippen LogP contribution in [0.15, 0.2) is 71.9 Å². The van der Waals surface area contributed by atoms with E-state index >= 15 is 0 Å². The molecule has 0 radical (unpaired) electrons. The summed E-state index contributed by atoms with van der Waals surface area (Å²) in [5, 5.41) is 7.13. The van der Waals surface area contributed by atoms with Gasteiger partial charge in [0.15, 0.2) is 0 Å². The molecular weight excluding hydrogens is 400 g/mol. The van der Waals surface area contributed by atoms with Gasteiger partial charge in [0.2, 0.25) is 10.0 Å². The Morgan fingerprint density at radius 1 is 1.00 bits per heavy atom. The maximum atomic E-state index is 12.6. The second-order valence-electron chi connectivity index (χ2n) is 6.77. The predicted octanol–water partition coefficient (Wildman–Crippen LogP) is 2.89. The van der Waals surface area contributed by atoms with Gasteiger partial charge in [0, 0.05) is 37.6 Å². The lowest BCUT2D eigenvalue weighted by Gasteiger charge is -2.18. The number of amides is 1. The van der Waals surface area contributed by atoms with E-state index in [2.05, 4.69) is 10.4 Å². The van der Waals surface area contributed by atoms with Crippen LogP contribution in [0.1, 0.15) is 35.3 Å². The number of nitrogens with zero attached hydrogens (tertiary/aromatic N) is 3. The van der Waals surface area contributed by atoms with Crippen LogP contribution < -0.4 is 5.32 Å². The van der Waals surface area contributed by atoms with Crippen molar-refractivity contribution in [3.8, 4) is 0 Å². The molecule has 1 heterocycles. The lowest BCUT2D eigenvalue weighted by Crippen LogP contribution is -2.30. The van der Waals surface area contributed by atoms with Gasteiger partial charge in [0.05, 0.1) is 11.4 Å². The first kappa shape index (κ1) is 21.7. The standard InChI is InChI=1S/C22H26N4O3S/c1-3-26(4-2)30(28,29)21-12-10-18(11-13-21)22(27)23-16-19-8-5-6-9-20(19)17-25-15-7-14-24-25/h5-15H,3-4,16-17H2,1-2H3,(H,23,27). The van der Waals surface area contributed by atoms with Gasteiger partial charge in [-0.2, -0.15) is 9.40 Å². The van der Waals surface area contributed by atoms with Crippen LogP contribution in [0.4, 0.5) is 0 Å². The van der Waals surface area contributed by atoms with E-state index in [0.29, 0.717) is 31.7 Å². The highest BCUT2D eigenvalue weighted by Gasteiger charge is 2.21. The van der Waals surface area contributed by atoms with Crippen molar-refractivity contribution in [2.75, 3.05) is 13.1 Å². The van der Waals surface area contributed by atoms with Gasteiger partial charge in [-0.05, 0) is 41.5 Å². The average Bonchev–Trinajstić information content (AvgIpc) is 3.27. The summed E-state index contributed by atoms with van der Waals surface area (Å²) >= 11 is 0. The van der Waals surface area contributed by atoms with E-state index in [-0.39, 0.29) is 10.8 Å². The summed E-state index contributed by atoms with van der Waals surface area (Å²) in [6, 6.07) is 15.8. The fraction of sp³-hybridized carbons (Fsp3) is 0.273. The van der Waals surface area contributed by atoms with E-state index in [9.17, 15) is 13.2 Å². The van der Waals surface area contributed by atoms with Crippen molar-refractivity contribution in [3.63, 3.8) is 0 Å². The summed E-state index contributed by atoms with van der Waals surface area (Å²) in [6.07, 6.45) is 3.62. The number of rotatable bonds is 9. The number of sulfonamides is 1. The number of carbonyl (C=O) groups excluding carboxylic acids is 1. The molecule has 3 aromatic rings. The number of carbonyl (C=O) groups is 1. The monoisotopic (exact) mass is 426 g/mol. The molecule has 0 saturated carbocycles. The van der Waals surface area contributed by atoms with Crippen molar-refractivity contribution in [1.29, 1.82) is 0 Å². The van der Waals surface area contributed by atoms with E-state index in [1.807, 2.05) is 41.2 Å². The van der Waals surface area contributed by atoms with Gasteiger partial charge in [0.25, 0.3) is 5.91 Å². The van der Waals surface area contributed by atoms with E-state index in [1.165, 1.54) is 16.4 Å². The molecule has 1 amide bonds. The van der Waals surface area contributed by atoms with Crippen molar-refractivity contribution in [2.24, 2.45) is 0 Å². The minimum Gasteiger partial charge on any atom is -0.348 e. The van der Waals surface area contributed by atoms with Gasteiger partial charge >= 0.3 is 0 Å². The second kappa shape index (κ2) is 9.69. The highest BCUT2D eigenvalue weighted by Crippen LogP contribution is 2.16. The third-order valence-electron chi connectivity index (χ3n) is 4.91. The summed E-state index contributed by atoms with van der Waals surface area (Å²) in [7, 11) is -3.54. The zero-order valence-corrected chi connectivity index (χ0v) is 18.0. The SMILES string of the molecule is CCN(CC)S(=O)(=O)c1ccc(C(=O)NCc2ccccc2Cn2cccn2)cc1. The molecule has 0 aliphatic carbocycles. The Balaban J connectivity index is 1.68. The second-order valence-corrected chi connectivity index (χ2v) is 8.71. The van der Waals surface area contributed by atoms with Crippen molar-refractivity contribution in [2.45, 2.75) is 31.8 Å². The molecule has 0 fully saturated rings. The fourth-order valence-corrected chi connectivity index (χ4v) is 4.68. The molecule has 0 atom stereocenters. The molecule has 0 spiro atoms. The first-order valence-electron chi connectivity index (χ1n) is 9.88. The Hall–Kier alpha value is -2.97. The molecule has 0 aliphatic rings. The molecule has 7 nitrogen and oxygen atoms in total. The van der Waals surface area contributed by atoms with E-state index in [1.54, 1.807) is 32.2 Å². The van der Waals surface area contributed by atoms with Gasteiger partial charge < -0.3 is 5.32 Å². The molecule has 30 heavy (non-hydrogen) atoms. The maximum Gasteiger partial charge on any atom is 0.251 e. The average molecular weight is 427 g/mol. The number of benzene rings is 2. The van der Waals surface area contributed by atoms with E-state index < -0.39 is 10.0 Å². The Kier molecular flexibility index (Phi) is 7.02. The zero-order chi connectivity index (χ0) is 21.6. The molecule has 0 saturated heterocycles. The van der Waals surface area contributed by atoms with Gasteiger partial charge in [-0.25, -0.2) is 8.42 Å². The van der Waals surface area contributed by atoms with Crippen LogP contribution in [0.25, 0.3) is 0 Å². The van der Waals surface area contributed by atoms with Gasteiger partial charge in [-0.1, -0.05) is 38.1 Å². The Morgan fingerprint density at radius 3 is 2.27 bits per heavy atom. The Bertz CT molecular complexity index is 1070. The lowest BCUT2D eigenvalue weighted by atomic mass is 10.1. The highest BCUT2D eigenvalue weighted by atomic mass is 32.2. The van der Waals surface area contributed by atoms with Crippen LogP contribution >= 0.6 is 0 Å². The first-order valence-corrected chi connectivity index (χ1v) is 11.3. The third kappa shape index (κ3) is 4.95. The largest absolute Gasteiger partial charge is 0.348 e. The number of hydrogen-bond donors (Lipinski definition) is 1. The molecule has 3 rings (SSSR count). The van der Waals surface area contributed by atoms with Crippen molar-refractivity contribution in [1.82, 2.24) is 19.4 Å². The van der Waals surface area contributed by atoms with Gasteiger partial charge in [-0.3, -0.25) is 9.48 Å². The van der Waals surface area contributed by atoms with Gasteiger partial charge in [0.1, 0.15) is 0 Å². The van der Waals surface area contributed by atoms with Crippen LogP contribution in [0.3, 0.4) is 0 Å². The molecule has 1 aromatic heterocycles. The number of hydrogen-bond acceptors (Lipinski definition) is 4. The number of nitrogens with one attached hydrogen (secondary N) is 1. The van der Waals surface area contributed by atoms with Crippen molar-refractivity contribution < 1.29 is 13.2 Å². The summed E-state index contributed by atoms with van der Waals surface area (Å²) in [6.45, 7) is 5.39. The van der Waals surface area contributed by atoms with E-state index in [4.69, 9.17) is 0 Å². The molecule has 8 heteroatoms. The third-order valence-corrected chi connectivity index (χ3v) is 6.97. The lowest BCUT2D eigenvalue weighted by molar-refractivity contribution is 0.0950. The maximum absolute atomic E-state index is 12.6. The Morgan fingerprint density at radius 2 is 1.67 bits per heavy atom. The summed E-state index contributed by atoms with van der Waals surface area (Å²) in [4.78, 5) is 12.8. The molecular formula is C22H26N4O3S. The quantitative estimate of drug-likeness (QED) is 0.570. The van der Waals surface area contributed by atoms with Crippen molar-refractivity contribution in [3.05, 3.63) is 83.7 Å². The molecule has 158 valence electrons. The molecule has 1 N–H and O–H groups in total. The first-order chi connectivity index (χ1) is 14.5. The minimum atomic E-state index is -3.54. The smallest absolute Gasteiger partial charge is 0.251 e. The van der Waals surface area contributed by atoms with E-state index in [0.717, 1.165) is 11.1 Å². The fourth-order valence-electron chi connectivity index (χ4n) is 3.22. The topological polar surface area (TPSA) is 84.3 Å². The van der Waals surface area contributed by atoms with Crippen LogP contribution in [0, 0.1) is 0 Å². The summed E-state index contributed by atoms with van der Waals surface area (Å²) in [5.74, 6) is -0.254. The Labute approximate surface area is 177 Å².